The van der Waals surface area contributed by atoms with Crippen LogP contribution in [0.2, 0.25) is 0 Å². The predicted molar refractivity (Wildman–Crippen MR) is 51.5 cm³/mol. The molecule has 0 spiro atoms. The van der Waals surface area contributed by atoms with Crippen molar-refractivity contribution in [2.24, 2.45) is 4.99 Å². The molecule has 4 heteroatoms. The standard InChI is InChI=1S/C8H11N3S/c1-8-3-6-11(10-8)5-2-4-9-7-12/h3,6H,2,4-5H2,1H3. The van der Waals surface area contributed by atoms with Gasteiger partial charge in [0, 0.05) is 12.7 Å². The summed E-state index contributed by atoms with van der Waals surface area (Å²) in [4.78, 5) is 3.82. The van der Waals surface area contributed by atoms with E-state index in [1.165, 1.54) is 0 Å². The molecule has 0 unspecified atom stereocenters. The van der Waals surface area contributed by atoms with Gasteiger partial charge in [0.05, 0.1) is 17.4 Å². The number of rotatable bonds is 4. The second-order valence-corrected chi connectivity index (χ2v) is 2.73. The highest BCUT2D eigenvalue weighted by Crippen LogP contribution is 1.94. The van der Waals surface area contributed by atoms with Crippen LogP contribution in [-0.4, -0.2) is 21.5 Å². The third-order valence-corrected chi connectivity index (χ3v) is 1.62. The van der Waals surface area contributed by atoms with Crippen molar-refractivity contribution in [3.05, 3.63) is 18.0 Å². The fraction of sp³-hybridized carbons (Fsp3) is 0.500. The van der Waals surface area contributed by atoms with Gasteiger partial charge in [0.15, 0.2) is 0 Å². The zero-order valence-electron chi connectivity index (χ0n) is 7.03. The summed E-state index contributed by atoms with van der Waals surface area (Å²) >= 11 is 4.45. The lowest BCUT2D eigenvalue weighted by atomic mass is 10.4. The molecule has 0 bridgehead atoms. The Morgan fingerprint density at radius 1 is 1.75 bits per heavy atom. The minimum atomic E-state index is 0.738. The highest BCUT2D eigenvalue weighted by atomic mass is 32.1. The second-order valence-electron chi connectivity index (χ2n) is 2.55. The first-order valence-corrected chi connectivity index (χ1v) is 4.27. The predicted octanol–water partition coefficient (Wildman–Crippen LogP) is 1.68. The molecule has 1 rings (SSSR count). The molecule has 64 valence electrons. The van der Waals surface area contributed by atoms with Crippen molar-refractivity contribution in [3.63, 3.8) is 0 Å². The molecule has 0 N–H and O–H groups in total. The average molecular weight is 181 g/mol. The van der Waals surface area contributed by atoms with Crippen molar-refractivity contribution < 1.29 is 0 Å². The zero-order valence-corrected chi connectivity index (χ0v) is 7.84. The molecule has 0 saturated heterocycles. The van der Waals surface area contributed by atoms with Crippen LogP contribution in [0.3, 0.4) is 0 Å². The SMILES string of the molecule is Cc1ccn(CCCN=C=S)n1. The molecule has 0 aliphatic carbocycles. The van der Waals surface area contributed by atoms with Crippen LogP contribution in [0.1, 0.15) is 12.1 Å². The van der Waals surface area contributed by atoms with E-state index in [-0.39, 0.29) is 0 Å². The smallest absolute Gasteiger partial charge is 0.0593 e. The van der Waals surface area contributed by atoms with E-state index in [4.69, 9.17) is 0 Å². The summed E-state index contributed by atoms with van der Waals surface area (Å²) < 4.78 is 1.91. The number of aryl methyl sites for hydroxylation is 2. The maximum absolute atomic E-state index is 4.45. The first-order valence-electron chi connectivity index (χ1n) is 3.86. The zero-order chi connectivity index (χ0) is 8.81. The fourth-order valence-corrected chi connectivity index (χ4v) is 1.04. The molecule has 0 aliphatic rings. The van der Waals surface area contributed by atoms with Crippen LogP contribution < -0.4 is 0 Å². The Bertz CT molecular complexity index is 286. The van der Waals surface area contributed by atoms with Crippen molar-refractivity contribution in [3.8, 4) is 0 Å². The van der Waals surface area contributed by atoms with E-state index in [1.807, 2.05) is 23.9 Å². The van der Waals surface area contributed by atoms with E-state index in [0.29, 0.717) is 0 Å². The van der Waals surface area contributed by atoms with E-state index >= 15 is 0 Å². The van der Waals surface area contributed by atoms with Crippen molar-refractivity contribution in [2.75, 3.05) is 6.54 Å². The Hall–Kier alpha value is -0.990. The van der Waals surface area contributed by atoms with Crippen LogP contribution in [0.15, 0.2) is 17.3 Å². The molecular weight excluding hydrogens is 170 g/mol. The lowest BCUT2D eigenvalue weighted by Gasteiger charge is -1.96. The Morgan fingerprint density at radius 2 is 2.58 bits per heavy atom. The van der Waals surface area contributed by atoms with Crippen LogP contribution >= 0.6 is 12.2 Å². The van der Waals surface area contributed by atoms with E-state index < -0.39 is 0 Å². The van der Waals surface area contributed by atoms with Gasteiger partial charge in [-0.15, -0.1) is 0 Å². The Morgan fingerprint density at radius 3 is 3.17 bits per heavy atom. The second kappa shape index (κ2) is 4.80. The summed E-state index contributed by atoms with van der Waals surface area (Å²) in [5.41, 5.74) is 1.05. The minimum absolute atomic E-state index is 0.738. The monoisotopic (exact) mass is 181 g/mol. The Balaban J connectivity index is 2.28. The molecule has 12 heavy (non-hydrogen) atoms. The van der Waals surface area contributed by atoms with Gasteiger partial charge in [0.1, 0.15) is 0 Å². The van der Waals surface area contributed by atoms with Crippen LogP contribution in [0.25, 0.3) is 0 Å². The molecule has 0 atom stereocenters. The van der Waals surface area contributed by atoms with Crippen molar-refractivity contribution in [2.45, 2.75) is 19.9 Å². The normalized spacial score (nSPS) is 9.42. The maximum atomic E-state index is 4.45. The number of aliphatic imine (C=N–C) groups is 1. The number of hydrogen-bond donors (Lipinski definition) is 0. The molecule has 0 fully saturated rings. The van der Waals surface area contributed by atoms with E-state index in [0.717, 1.165) is 25.2 Å². The van der Waals surface area contributed by atoms with Crippen molar-refractivity contribution in [1.29, 1.82) is 0 Å². The molecule has 3 nitrogen and oxygen atoms in total. The lowest BCUT2D eigenvalue weighted by molar-refractivity contribution is 0.582. The van der Waals surface area contributed by atoms with Gasteiger partial charge < -0.3 is 0 Å². The summed E-state index contributed by atoms with van der Waals surface area (Å²) in [5.74, 6) is 0. The van der Waals surface area contributed by atoms with Gasteiger partial charge in [-0.2, -0.15) is 5.10 Å². The van der Waals surface area contributed by atoms with E-state index in [1.54, 1.807) is 0 Å². The molecule has 1 aromatic heterocycles. The quantitative estimate of drug-likeness (QED) is 0.402. The summed E-state index contributed by atoms with van der Waals surface area (Å²) in [5, 5.41) is 6.57. The average Bonchev–Trinajstić information content (AvgIpc) is 2.45. The largest absolute Gasteiger partial charge is 0.272 e. The topological polar surface area (TPSA) is 30.2 Å². The third kappa shape index (κ3) is 2.95. The Kier molecular flexibility index (Phi) is 3.64. The molecule has 1 aromatic rings. The summed E-state index contributed by atoms with van der Waals surface area (Å²) in [7, 11) is 0. The number of isothiocyanates is 1. The first kappa shape index (κ1) is 9.10. The van der Waals surface area contributed by atoms with Crippen molar-refractivity contribution in [1.82, 2.24) is 9.78 Å². The first-order chi connectivity index (χ1) is 5.83. The van der Waals surface area contributed by atoms with Gasteiger partial charge >= 0.3 is 0 Å². The third-order valence-electron chi connectivity index (χ3n) is 1.50. The maximum Gasteiger partial charge on any atom is 0.0593 e. The van der Waals surface area contributed by atoms with E-state index in [9.17, 15) is 0 Å². The number of aromatic nitrogens is 2. The van der Waals surface area contributed by atoms with Crippen LogP contribution in [0.5, 0.6) is 0 Å². The van der Waals surface area contributed by atoms with E-state index in [2.05, 4.69) is 27.5 Å². The van der Waals surface area contributed by atoms with Gasteiger partial charge in [0.25, 0.3) is 0 Å². The van der Waals surface area contributed by atoms with Crippen LogP contribution in [-0.2, 0) is 6.54 Å². The van der Waals surface area contributed by atoms with Crippen LogP contribution in [0.4, 0.5) is 0 Å². The lowest BCUT2D eigenvalue weighted by Crippen LogP contribution is -1.99. The number of hydrogen-bond acceptors (Lipinski definition) is 3. The molecule has 1 heterocycles. The molecule has 0 amide bonds. The highest BCUT2D eigenvalue weighted by molar-refractivity contribution is 7.78. The Labute approximate surface area is 77.1 Å². The molecular formula is C8H11N3S. The number of thiocarbonyl (C=S) groups is 1. The molecule has 0 aliphatic heterocycles. The minimum Gasteiger partial charge on any atom is -0.272 e. The van der Waals surface area contributed by atoms with Crippen molar-refractivity contribution >= 4 is 17.4 Å². The molecule has 0 saturated carbocycles. The van der Waals surface area contributed by atoms with Gasteiger partial charge in [-0.05, 0) is 31.6 Å². The summed E-state index contributed by atoms with van der Waals surface area (Å²) in [6.45, 7) is 3.61. The summed E-state index contributed by atoms with van der Waals surface area (Å²) in [6, 6.07) is 1.99. The van der Waals surface area contributed by atoms with Gasteiger partial charge in [0.2, 0.25) is 0 Å². The van der Waals surface area contributed by atoms with Gasteiger partial charge in [-0.1, -0.05) is 0 Å². The number of nitrogens with zero attached hydrogens (tertiary/aromatic N) is 3. The van der Waals surface area contributed by atoms with Gasteiger partial charge in [-0.25, -0.2) is 4.99 Å². The van der Waals surface area contributed by atoms with Gasteiger partial charge in [-0.3, -0.25) is 4.68 Å². The van der Waals surface area contributed by atoms with Crippen LogP contribution in [0, 0.1) is 6.92 Å². The molecule has 0 aromatic carbocycles. The molecule has 0 radical (unpaired) electrons. The fourth-order valence-electron chi connectivity index (χ4n) is 0.945. The summed E-state index contributed by atoms with van der Waals surface area (Å²) in [6.07, 6.45) is 2.93. The highest BCUT2D eigenvalue weighted by Gasteiger charge is 1.92.